The van der Waals surface area contributed by atoms with Crippen molar-refractivity contribution in [2.75, 3.05) is 0 Å². The van der Waals surface area contributed by atoms with Crippen molar-refractivity contribution in [1.82, 2.24) is 5.32 Å². The molecule has 1 saturated carbocycles. The van der Waals surface area contributed by atoms with Crippen molar-refractivity contribution >= 4 is 29.1 Å². The van der Waals surface area contributed by atoms with Crippen molar-refractivity contribution in [3.63, 3.8) is 0 Å². The number of halogens is 2. The minimum Gasteiger partial charge on any atom is -0.350 e. The van der Waals surface area contributed by atoms with Crippen LogP contribution in [0.15, 0.2) is 0 Å². The fourth-order valence-corrected chi connectivity index (χ4v) is 2.84. The fourth-order valence-electron chi connectivity index (χ4n) is 2.34. The van der Waals surface area contributed by atoms with E-state index < -0.39 is 4.33 Å². The maximum absolute atomic E-state index is 11.4. The Labute approximate surface area is 88.0 Å². The van der Waals surface area contributed by atoms with Crippen LogP contribution in [0.2, 0.25) is 0 Å². The molecule has 0 aromatic carbocycles. The molecule has 0 spiro atoms. The van der Waals surface area contributed by atoms with Crippen LogP contribution < -0.4 is 5.32 Å². The van der Waals surface area contributed by atoms with E-state index in [-0.39, 0.29) is 5.91 Å². The molecule has 2 atom stereocenters. The number of carbonyl (C=O) groups excluding carboxylic acids is 1. The molecule has 2 nitrogen and oxygen atoms in total. The molecule has 74 valence electrons. The van der Waals surface area contributed by atoms with Crippen molar-refractivity contribution in [2.24, 2.45) is 5.92 Å². The normalized spacial score (nSPS) is 37.8. The summed E-state index contributed by atoms with van der Waals surface area (Å²) in [5.74, 6) is 0.278. The zero-order valence-corrected chi connectivity index (χ0v) is 8.87. The van der Waals surface area contributed by atoms with Gasteiger partial charge in [-0.05, 0) is 25.2 Å². The second-order valence-electron chi connectivity index (χ2n) is 4.03. The van der Waals surface area contributed by atoms with Crippen LogP contribution in [0.3, 0.4) is 0 Å². The van der Waals surface area contributed by atoms with E-state index in [1.165, 1.54) is 12.8 Å². The summed E-state index contributed by atoms with van der Waals surface area (Å²) in [4.78, 5) is 11.4. The van der Waals surface area contributed by atoms with Crippen molar-refractivity contribution in [3.8, 4) is 0 Å². The van der Waals surface area contributed by atoms with E-state index >= 15 is 0 Å². The Balaban J connectivity index is 2.10. The van der Waals surface area contributed by atoms with Crippen molar-refractivity contribution in [2.45, 2.75) is 42.5 Å². The molecule has 1 saturated heterocycles. The predicted molar refractivity (Wildman–Crippen MR) is 52.9 cm³/mol. The molecule has 1 amide bonds. The van der Waals surface area contributed by atoms with E-state index in [9.17, 15) is 4.79 Å². The van der Waals surface area contributed by atoms with Crippen LogP contribution in [0.25, 0.3) is 0 Å². The number of carbonyl (C=O) groups is 1. The highest BCUT2D eigenvalue weighted by Crippen LogP contribution is 2.40. The molecular formula is C9H13Cl2NO. The first-order chi connectivity index (χ1) is 6.09. The van der Waals surface area contributed by atoms with Gasteiger partial charge in [-0.1, -0.05) is 36.0 Å². The van der Waals surface area contributed by atoms with Gasteiger partial charge in [-0.25, -0.2) is 0 Å². The maximum atomic E-state index is 11.4. The highest BCUT2D eigenvalue weighted by atomic mass is 35.5. The number of hydrogen-bond acceptors (Lipinski definition) is 1. The summed E-state index contributed by atoms with van der Waals surface area (Å²) in [6, 6.07) is 0.326. The standard InChI is InChI=1S/C9H13Cl2NO/c10-9(11)5-6-3-1-2-4-7(6)12-8(9)13/h6-7H,1-5H2,(H,12,13)/t6-,7-/m1/s1. The smallest absolute Gasteiger partial charge is 0.256 e. The SMILES string of the molecule is O=C1N[C@@H]2CCCC[C@@H]2CC1(Cl)Cl. The molecule has 4 heteroatoms. The maximum Gasteiger partial charge on any atom is 0.256 e. The Bertz CT molecular complexity index is 230. The average molecular weight is 222 g/mol. The summed E-state index contributed by atoms with van der Waals surface area (Å²) in [7, 11) is 0. The van der Waals surface area contributed by atoms with Gasteiger partial charge in [0.15, 0.2) is 4.33 Å². The molecule has 0 aromatic heterocycles. The molecule has 0 aromatic rings. The van der Waals surface area contributed by atoms with Crippen LogP contribution in [0.4, 0.5) is 0 Å². The lowest BCUT2D eigenvalue weighted by Gasteiger charge is -2.40. The Morgan fingerprint density at radius 1 is 1.31 bits per heavy atom. The molecule has 1 aliphatic carbocycles. The summed E-state index contributed by atoms with van der Waals surface area (Å²) in [6.45, 7) is 0. The van der Waals surface area contributed by atoms with Gasteiger partial charge in [-0.15, -0.1) is 0 Å². The monoisotopic (exact) mass is 221 g/mol. The summed E-state index contributed by atoms with van der Waals surface area (Å²) in [5.41, 5.74) is 0. The van der Waals surface area contributed by atoms with Crippen molar-refractivity contribution in [1.29, 1.82) is 0 Å². The van der Waals surface area contributed by atoms with Crippen LogP contribution in [0.5, 0.6) is 0 Å². The fraction of sp³-hybridized carbons (Fsp3) is 0.889. The summed E-state index contributed by atoms with van der Waals surface area (Å²) in [6.07, 6.45) is 5.29. The quantitative estimate of drug-likeness (QED) is 0.625. The Morgan fingerprint density at radius 3 is 2.77 bits per heavy atom. The number of alkyl halides is 2. The van der Waals surface area contributed by atoms with Crippen LogP contribution >= 0.6 is 23.2 Å². The van der Waals surface area contributed by atoms with Gasteiger partial charge in [-0.2, -0.15) is 0 Å². The molecule has 2 aliphatic rings. The largest absolute Gasteiger partial charge is 0.350 e. The van der Waals surface area contributed by atoms with E-state index in [0.717, 1.165) is 12.8 Å². The van der Waals surface area contributed by atoms with Crippen molar-refractivity contribution in [3.05, 3.63) is 0 Å². The van der Waals surface area contributed by atoms with Gasteiger partial charge in [0.05, 0.1) is 0 Å². The minimum absolute atomic E-state index is 0.209. The third kappa shape index (κ3) is 1.79. The highest BCUT2D eigenvalue weighted by Gasteiger charge is 2.45. The Hall–Kier alpha value is 0.0500. The minimum atomic E-state index is -1.18. The number of nitrogens with one attached hydrogen (secondary N) is 1. The lowest BCUT2D eigenvalue weighted by atomic mass is 9.79. The van der Waals surface area contributed by atoms with Gasteiger partial charge < -0.3 is 5.32 Å². The number of amides is 1. The zero-order valence-electron chi connectivity index (χ0n) is 7.35. The summed E-state index contributed by atoms with van der Waals surface area (Å²) >= 11 is 11.8. The van der Waals surface area contributed by atoms with Gasteiger partial charge in [-0.3, -0.25) is 4.79 Å². The lowest BCUT2D eigenvalue weighted by Crippen LogP contribution is -2.55. The van der Waals surface area contributed by atoms with Gasteiger partial charge >= 0.3 is 0 Å². The number of hydrogen-bond donors (Lipinski definition) is 1. The van der Waals surface area contributed by atoms with Gasteiger partial charge in [0.2, 0.25) is 0 Å². The first-order valence-electron chi connectivity index (χ1n) is 4.78. The second kappa shape index (κ2) is 3.32. The first kappa shape index (κ1) is 9.60. The Kier molecular flexibility index (Phi) is 2.45. The zero-order chi connectivity index (χ0) is 9.47. The molecule has 1 N–H and O–H groups in total. The van der Waals surface area contributed by atoms with Crippen LogP contribution in [0, 0.1) is 5.92 Å². The predicted octanol–water partition coefficient (Wildman–Crippen LogP) is 2.24. The molecule has 1 heterocycles. The summed E-state index contributed by atoms with van der Waals surface area (Å²) in [5, 5.41) is 2.91. The van der Waals surface area contributed by atoms with E-state index in [2.05, 4.69) is 5.32 Å². The van der Waals surface area contributed by atoms with E-state index in [0.29, 0.717) is 18.4 Å². The number of rotatable bonds is 0. The van der Waals surface area contributed by atoms with Crippen LogP contribution in [0.1, 0.15) is 32.1 Å². The second-order valence-corrected chi connectivity index (χ2v) is 5.52. The molecule has 1 aliphatic heterocycles. The topological polar surface area (TPSA) is 29.1 Å². The third-order valence-electron chi connectivity index (χ3n) is 3.08. The number of fused-ring (bicyclic) bond motifs is 1. The van der Waals surface area contributed by atoms with E-state index in [4.69, 9.17) is 23.2 Å². The molecule has 13 heavy (non-hydrogen) atoms. The van der Waals surface area contributed by atoms with E-state index in [1.54, 1.807) is 0 Å². The Morgan fingerprint density at radius 2 is 2.00 bits per heavy atom. The van der Waals surface area contributed by atoms with Gasteiger partial charge in [0.25, 0.3) is 5.91 Å². The average Bonchev–Trinajstić information content (AvgIpc) is 2.06. The molecule has 0 radical (unpaired) electrons. The highest BCUT2D eigenvalue weighted by molar-refractivity contribution is 6.58. The number of piperidine rings is 1. The molecule has 2 fully saturated rings. The van der Waals surface area contributed by atoms with Gasteiger partial charge in [0, 0.05) is 6.04 Å². The van der Waals surface area contributed by atoms with E-state index in [1.807, 2.05) is 0 Å². The first-order valence-corrected chi connectivity index (χ1v) is 5.54. The molecule has 0 unspecified atom stereocenters. The molecule has 2 rings (SSSR count). The third-order valence-corrected chi connectivity index (χ3v) is 3.73. The van der Waals surface area contributed by atoms with Crippen molar-refractivity contribution < 1.29 is 4.79 Å². The summed E-state index contributed by atoms with van der Waals surface area (Å²) < 4.78 is -1.18. The molecule has 0 bridgehead atoms. The van der Waals surface area contributed by atoms with Gasteiger partial charge in [0.1, 0.15) is 0 Å². The lowest BCUT2D eigenvalue weighted by molar-refractivity contribution is -0.125. The van der Waals surface area contributed by atoms with Crippen LogP contribution in [-0.4, -0.2) is 16.3 Å². The van der Waals surface area contributed by atoms with Crippen LogP contribution in [-0.2, 0) is 4.79 Å². The molecular weight excluding hydrogens is 209 g/mol.